The Morgan fingerprint density at radius 1 is 1.53 bits per heavy atom. The molecule has 1 amide bonds. The van der Waals surface area contributed by atoms with E-state index in [4.69, 9.17) is 11.6 Å². The summed E-state index contributed by atoms with van der Waals surface area (Å²) < 4.78 is 0. The van der Waals surface area contributed by atoms with Crippen molar-refractivity contribution < 1.29 is 4.79 Å². The zero-order valence-electron chi connectivity index (χ0n) is 10.1. The van der Waals surface area contributed by atoms with Crippen molar-refractivity contribution in [1.82, 2.24) is 14.8 Å². The first-order chi connectivity index (χ1) is 8.08. The SMILES string of the molecule is CN(C)C1CCN(C(=O)c2cccc(Cl)n2)C1. The maximum atomic E-state index is 12.2. The summed E-state index contributed by atoms with van der Waals surface area (Å²) in [6.45, 7) is 1.55. The molecule has 0 spiro atoms. The van der Waals surface area contributed by atoms with Gasteiger partial charge in [-0.1, -0.05) is 17.7 Å². The molecule has 0 N–H and O–H groups in total. The van der Waals surface area contributed by atoms with Gasteiger partial charge in [-0.25, -0.2) is 4.98 Å². The van der Waals surface area contributed by atoms with E-state index in [1.165, 1.54) is 0 Å². The number of carbonyl (C=O) groups is 1. The summed E-state index contributed by atoms with van der Waals surface area (Å²) >= 11 is 5.78. The first kappa shape index (κ1) is 12.3. The number of rotatable bonds is 2. The van der Waals surface area contributed by atoms with Crippen LogP contribution in [0.2, 0.25) is 5.15 Å². The Bertz CT molecular complexity index is 422. The Hall–Kier alpha value is -1.13. The molecule has 1 unspecified atom stereocenters. The smallest absolute Gasteiger partial charge is 0.272 e. The third-order valence-electron chi connectivity index (χ3n) is 3.12. The first-order valence-electron chi connectivity index (χ1n) is 5.66. The van der Waals surface area contributed by atoms with Crippen molar-refractivity contribution in [2.24, 2.45) is 0 Å². The van der Waals surface area contributed by atoms with Crippen LogP contribution in [0.5, 0.6) is 0 Å². The third kappa shape index (κ3) is 2.76. The zero-order chi connectivity index (χ0) is 12.4. The molecular weight excluding hydrogens is 238 g/mol. The molecule has 2 heterocycles. The van der Waals surface area contributed by atoms with Crippen molar-refractivity contribution >= 4 is 17.5 Å². The fourth-order valence-electron chi connectivity index (χ4n) is 2.04. The Balaban J connectivity index is 2.07. The van der Waals surface area contributed by atoms with Crippen LogP contribution in [-0.4, -0.2) is 53.9 Å². The lowest BCUT2D eigenvalue weighted by atomic mass is 10.2. The number of amides is 1. The predicted molar refractivity (Wildman–Crippen MR) is 67.2 cm³/mol. The van der Waals surface area contributed by atoms with Gasteiger partial charge in [0.15, 0.2) is 0 Å². The largest absolute Gasteiger partial charge is 0.336 e. The quantitative estimate of drug-likeness (QED) is 0.750. The normalized spacial score (nSPS) is 20.0. The number of aromatic nitrogens is 1. The standard InChI is InChI=1S/C12H16ClN3O/c1-15(2)9-6-7-16(8-9)12(17)10-4-3-5-11(13)14-10/h3-5,9H,6-8H2,1-2H3. The van der Waals surface area contributed by atoms with Crippen LogP contribution in [0.3, 0.4) is 0 Å². The van der Waals surface area contributed by atoms with Crippen LogP contribution in [0.25, 0.3) is 0 Å². The number of carbonyl (C=O) groups excluding carboxylic acids is 1. The minimum Gasteiger partial charge on any atom is -0.336 e. The number of halogens is 1. The van der Waals surface area contributed by atoms with Crippen molar-refractivity contribution in [3.63, 3.8) is 0 Å². The summed E-state index contributed by atoms with van der Waals surface area (Å²) in [6, 6.07) is 5.57. The Morgan fingerprint density at radius 2 is 2.29 bits per heavy atom. The molecule has 4 nitrogen and oxygen atoms in total. The molecule has 92 valence electrons. The van der Waals surface area contributed by atoms with E-state index in [0.29, 0.717) is 16.9 Å². The van der Waals surface area contributed by atoms with E-state index in [1.54, 1.807) is 18.2 Å². The number of pyridine rings is 1. The van der Waals surface area contributed by atoms with Crippen molar-refractivity contribution in [2.75, 3.05) is 27.2 Å². The van der Waals surface area contributed by atoms with Gasteiger partial charge in [0, 0.05) is 19.1 Å². The van der Waals surface area contributed by atoms with Crippen molar-refractivity contribution in [1.29, 1.82) is 0 Å². The van der Waals surface area contributed by atoms with Crippen LogP contribution in [0, 0.1) is 0 Å². The van der Waals surface area contributed by atoms with Crippen molar-refractivity contribution in [3.05, 3.63) is 29.0 Å². The molecule has 1 fully saturated rings. The summed E-state index contributed by atoms with van der Waals surface area (Å²) in [5.74, 6) is -0.0307. The minimum atomic E-state index is -0.0307. The van der Waals surface area contributed by atoms with Gasteiger partial charge >= 0.3 is 0 Å². The summed E-state index contributed by atoms with van der Waals surface area (Å²) in [4.78, 5) is 20.2. The summed E-state index contributed by atoms with van der Waals surface area (Å²) in [5.41, 5.74) is 0.428. The lowest BCUT2D eigenvalue weighted by molar-refractivity contribution is 0.0777. The maximum Gasteiger partial charge on any atom is 0.272 e. The van der Waals surface area contributed by atoms with Gasteiger partial charge in [-0.05, 0) is 32.6 Å². The minimum absolute atomic E-state index is 0.0307. The van der Waals surface area contributed by atoms with Crippen molar-refractivity contribution in [3.8, 4) is 0 Å². The fraction of sp³-hybridized carbons (Fsp3) is 0.500. The lowest BCUT2D eigenvalue weighted by Crippen LogP contribution is -2.34. The summed E-state index contributed by atoms with van der Waals surface area (Å²) in [7, 11) is 4.08. The van der Waals surface area contributed by atoms with Crippen molar-refractivity contribution in [2.45, 2.75) is 12.5 Å². The predicted octanol–water partition coefficient (Wildman–Crippen LogP) is 1.51. The molecule has 5 heteroatoms. The molecule has 1 aliphatic heterocycles. The van der Waals surface area contributed by atoms with Gasteiger partial charge in [0.2, 0.25) is 0 Å². The van der Waals surface area contributed by atoms with E-state index in [2.05, 4.69) is 9.88 Å². The van der Waals surface area contributed by atoms with Gasteiger partial charge < -0.3 is 9.80 Å². The Morgan fingerprint density at radius 3 is 2.88 bits per heavy atom. The topological polar surface area (TPSA) is 36.4 Å². The van der Waals surface area contributed by atoms with E-state index in [0.717, 1.165) is 19.5 Å². The van der Waals surface area contributed by atoms with Crippen LogP contribution >= 0.6 is 11.6 Å². The highest BCUT2D eigenvalue weighted by Gasteiger charge is 2.28. The highest BCUT2D eigenvalue weighted by molar-refractivity contribution is 6.29. The fourth-order valence-corrected chi connectivity index (χ4v) is 2.20. The first-order valence-corrected chi connectivity index (χ1v) is 6.04. The summed E-state index contributed by atoms with van der Waals surface area (Å²) in [5, 5.41) is 0.360. The highest BCUT2D eigenvalue weighted by Crippen LogP contribution is 2.16. The number of likely N-dealkylation sites (tertiary alicyclic amines) is 1. The molecular formula is C12H16ClN3O. The van der Waals surface area contributed by atoms with Gasteiger partial charge in [0.1, 0.15) is 10.8 Å². The Labute approximate surface area is 106 Å². The van der Waals surface area contributed by atoms with Gasteiger partial charge in [0.05, 0.1) is 0 Å². The molecule has 17 heavy (non-hydrogen) atoms. The average molecular weight is 254 g/mol. The van der Waals surface area contributed by atoms with Gasteiger partial charge in [-0.2, -0.15) is 0 Å². The van der Waals surface area contributed by atoms with Crippen LogP contribution in [-0.2, 0) is 0 Å². The maximum absolute atomic E-state index is 12.2. The van der Waals surface area contributed by atoms with Gasteiger partial charge in [0.25, 0.3) is 5.91 Å². The van der Waals surface area contributed by atoms with E-state index in [9.17, 15) is 4.79 Å². The van der Waals surface area contributed by atoms with Crippen LogP contribution in [0.1, 0.15) is 16.9 Å². The van der Waals surface area contributed by atoms with E-state index in [-0.39, 0.29) is 5.91 Å². The molecule has 1 aromatic heterocycles. The molecule has 1 saturated heterocycles. The second-order valence-electron chi connectivity index (χ2n) is 4.50. The monoisotopic (exact) mass is 253 g/mol. The summed E-state index contributed by atoms with van der Waals surface area (Å²) in [6.07, 6.45) is 1.01. The zero-order valence-corrected chi connectivity index (χ0v) is 10.8. The molecule has 1 atom stereocenters. The number of likely N-dealkylation sites (N-methyl/N-ethyl adjacent to an activating group) is 1. The third-order valence-corrected chi connectivity index (χ3v) is 3.33. The number of nitrogens with zero attached hydrogens (tertiary/aromatic N) is 3. The van der Waals surface area contributed by atoms with Gasteiger partial charge in [-0.15, -0.1) is 0 Å². The highest BCUT2D eigenvalue weighted by atomic mass is 35.5. The number of hydrogen-bond donors (Lipinski definition) is 0. The second kappa shape index (κ2) is 5.02. The van der Waals surface area contributed by atoms with Gasteiger partial charge in [-0.3, -0.25) is 4.79 Å². The molecule has 0 radical (unpaired) electrons. The molecule has 0 bridgehead atoms. The van der Waals surface area contributed by atoms with E-state index in [1.807, 2.05) is 19.0 Å². The Kier molecular flexibility index (Phi) is 3.64. The molecule has 0 saturated carbocycles. The molecule has 0 aliphatic carbocycles. The molecule has 1 aromatic rings. The number of hydrogen-bond acceptors (Lipinski definition) is 3. The molecule has 1 aliphatic rings. The van der Waals surface area contributed by atoms with Crippen LogP contribution in [0.15, 0.2) is 18.2 Å². The molecule has 0 aromatic carbocycles. The average Bonchev–Trinajstić information content (AvgIpc) is 2.77. The second-order valence-corrected chi connectivity index (χ2v) is 4.89. The van der Waals surface area contributed by atoms with E-state index >= 15 is 0 Å². The molecule has 2 rings (SSSR count). The van der Waals surface area contributed by atoms with E-state index < -0.39 is 0 Å². The lowest BCUT2D eigenvalue weighted by Gasteiger charge is -2.20. The van der Waals surface area contributed by atoms with Crippen LogP contribution < -0.4 is 0 Å². The van der Waals surface area contributed by atoms with Crippen LogP contribution in [0.4, 0.5) is 0 Å².